The van der Waals surface area contributed by atoms with Crippen LogP contribution < -0.4 is 0 Å². The quantitative estimate of drug-likeness (QED) is 0.297. The Bertz CT molecular complexity index is 123. The van der Waals surface area contributed by atoms with Crippen molar-refractivity contribution in [2.45, 2.75) is 13.0 Å². The van der Waals surface area contributed by atoms with Crippen LogP contribution >= 0.6 is 0 Å². The van der Waals surface area contributed by atoms with Crippen molar-refractivity contribution >= 4 is 13.5 Å². The fraction of sp³-hybridized carbons (Fsp3) is 0.750. The third-order valence-electron chi connectivity index (χ3n) is 0.733. The lowest BCUT2D eigenvalue weighted by Gasteiger charge is -1.90. The second-order valence-corrected chi connectivity index (χ2v) is 1.84. The molecule has 0 bridgehead atoms. The van der Waals surface area contributed by atoms with Gasteiger partial charge >= 0.3 is 13.5 Å². The number of cyclic esters (lactones) is 2. The van der Waals surface area contributed by atoms with Crippen molar-refractivity contribution in [1.82, 2.24) is 0 Å². The van der Waals surface area contributed by atoms with Crippen molar-refractivity contribution in [3.05, 3.63) is 0 Å². The summed E-state index contributed by atoms with van der Waals surface area (Å²) < 4.78 is 8.90. The van der Waals surface area contributed by atoms with Crippen LogP contribution in [0.5, 0.6) is 0 Å². The zero-order valence-electron chi connectivity index (χ0n) is 5.93. The van der Waals surface area contributed by atoms with E-state index in [9.17, 15) is 4.79 Å². The molecule has 7 heteroatoms. The van der Waals surface area contributed by atoms with Crippen LogP contribution in [0, 0.1) is 0 Å². The highest BCUT2D eigenvalue weighted by molar-refractivity contribution is 6.30. The topological polar surface area (TPSA) is 96.2 Å². The maximum Gasteiger partial charge on any atom is 0.631 e. The summed E-state index contributed by atoms with van der Waals surface area (Å²) in [6.07, 6.45) is -0.597. The molecule has 1 atom stereocenters. The Kier molecular flexibility index (Phi) is 4.59. The van der Waals surface area contributed by atoms with Gasteiger partial charge in [0.2, 0.25) is 0 Å². The smallest absolute Gasteiger partial charge is 0.430 e. The first kappa shape index (κ1) is 10.2. The largest absolute Gasteiger partial charge is 0.631 e. The molecule has 1 aliphatic rings. The molecule has 6 nitrogen and oxygen atoms in total. The van der Waals surface area contributed by atoms with E-state index in [4.69, 9.17) is 15.1 Å². The molecule has 1 rings (SSSR count). The van der Waals surface area contributed by atoms with Gasteiger partial charge in [0, 0.05) is 0 Å². The number of carbonyl (C=O) groups is 1. The van der Waals surface area contributed by atoms with Gasteiger partial charge in [0.1, 0.15) is 12.7 Å². The number of hydrogen-bond donors (Lipinski definition) is 3. The van der Waals surface area contributed by atoms with Crippen LogP contribution in [-0.4, -0.2) is 41.3 Å². The molecule has 1 fully saturated rings. The summed E-state index contributed by atoms with van der Waals surface area (Å²) in [7, 11) is -2.17. The van der Waals surface area contributed by atoms with Gasteiger partial charge in [-0.15, -0.1) is 0 Å². The van der Waals surface area contributed by atoms with Crippen LogP contribution in [-0.2, 0) is 9.47 Å². The first-order valence-electron chi connectivity index (χ1n) is 2.90. The summed E-state index contributed by atoms with van der Waals surface area (Å²) in [4.78, 5) is 10.0. The van der Waals surface area contributed by atoms with Crippen molar-refractivity contribution in [2.75, 3.05) is 6.61 Å². The van der Waals surface area contributed by atoms with E-state index in [2.05, 4.69) is 9.47 Å². The van der Waals surface area contributed by atoms with Crippen molar-refractivity contribution in [1.29, 1.82) is 0 Å². The van der Waals surface area contributed by atoms with Crippen molar-refractivity contribution < 1.29 is 29.3 Å². The molecule has 0 aromatic carbocycles. The van der Waals surface area contributed by atoms with Gasteiger partial charge in [0.15, 0.2) is 0 Å². The average Bonchev–Trinajstić information content (AvgIpc) is 2.13. The van der Waals surface area contributed by atoms with E-state index in [1.165, 1.54) is 0 Å². The second-order valence-electron chi connectivity index (χ2n) is 1.84. The molecule has 1 unspecified atom stereocenters. The van der Waals surface area contributed by atoms with Gasteiger partial charge < -0.3 is 24.5 Å². The number of carbonyl (C=O) groups excluding carboxylic acids is 1. The summed E-state index contributed by atoms with van der Waals surface area (Å²) in [5.74, 6) is 0. The molecule has 0 aliphatic carbocycles. The van der Waals surface area contributed by atoms with Gasteiger partial charge in [-0.1, -0.05) is 0 Å². The molecule has 11 heavy (non-hydrogen) atoms. The predicted molar refractivity (Wildman–Crippen MR) is 34.3 cm³/mol. The molecule has 0 amide bonds. The molecule has 1 saturated heterocycles. The Morgan fingerprint density at radius 1 is 1.55 bits per heavy atom. The molecule has 64 valence electrons. The van der Waals surface area contributed by atoms with Crippen LogP contribution in [0.15, 0.2) is 0 Å². The van der Waals surface area contributed by atoms with E-state index < -0.39 is 13.5 Å². The third kappa shape index (κ3) is 7.11. The van der Waals surface area contributed by atoms with Crippen LogP contribution in [0.1, 0.15) is 6.92 Å². The van der Waals surface area contributed by atoms with Gasteiger partial charge in [-0.2, -0.15) is 0 Å². The lowest BCUT2D eigenvalue weighted by Crippen LogP contribution is -2.07. The number of hydrogen-bond acceptors (Lipinski definition) is 6. The van der Waals surface area contributed by atoms with E-state index in [0.29, 0.717) is 6.61 Å². The van der Waals surface area contributed by atoms with Crippen molar-refractivity contribution in [2.24, 2.45) is 0 Å². The number of rotatable bonds is 0. The van der Waals surface area contributed by atoms with E-state index >= 15 is 0 Å². The molecule has 1 aliphatic heterocycles. The normalized spacial score (nSPS) is 21.1. The van der Waals surface area contributed by atoms with Crippen LogP contribution in [0.3, 0.4) is 0 Å². The molecule has 0 radical (unpaired) electrons. The standard InChI is InChI=1S/C4H6O3.BH3O3/c1-3-2-6-4(5)7-3;2-1(3)4/h3H,2H2,1H3;2-4H. The van der Waals surface area contributed by atoms with Gasteiger partial charge in [-0.3, -0.25) is 0 Å². The Balaban J connectivity index is 0.000000218. The fourth-order valence-corrected chi connectivity index (χ4v) is 0.418. The molecular formula is C4H9BO6. The molecule has 0 aromatic rings. The minimum Gasteiger partial charge on any atom is -0.430 e. The Morgan fingerprint density at radius 3 is 2.09 bits per heavy atom. The minimum absolute atomic E-state index is 0.0486. The molecule has 1 heterocycles. The van der Waals surface area contributed by atoms with Gasteiger partial charge in [0.05, 0.1) is 0 Å². The van der Waals surface area contributed by atoms with Crippen molar-refractivity contribution in [3.8, 4) is 0 Å². The summed E-state index contributed by atoms with van der Waals surface area (Å²) in [5.41, 5.74) is 0. The summed E-state index contributed by atoms with van der Waals surface area (Å²) in [5, 5.41) is 21.5. The highest BCUT2D eigenvalue weighted by Gasteiger charge is 2.19. The molecule has 3 N–H and O–H groups in total. The summed E-state index contributed by atoms with van der Waals surface area (Å²) in [6, 6.07) is 0. The van der Waals surface area contributed by atoms with Gasteiger partial charge in [0.25, 0.3) is 0 Å². The van der Waals surface area contributed by atoms with Crippen LogP contribution in [0.25, 0.3) is 0 Å². The van der Waals surface area contributed by atoms with Gasteiger partial charge in [-0.05, 0) is 6.92 Å². The zero-order valence-corrected chi connectivity index (χ0v) is 5.93. The molecule has 0 saturated carbocycles. The van der Waals surface area contributed by atoms with E-state index in [1.54, 1.807) is 6.92 Å². The van der Waals surface area contributed by atoms with Crippen LogP contribution in [0.4, 0.5) is 4.79 Å². The molecular weight excluding hydrogens is 155 g/mol. The first-order valence-corrected chi connectivity index (χ1v) is 2.90. The monoisotopic (exact) mass is 164 g/mol. The van der Waals surface area contributed by atoms with E-state index in [1.807, 2.05) is 0 Å². The first-order chi connectivity index (χ1) is 5.02. The summed E-state index contributed by atoms with van der Waals surface area (Å²) >= 11 is 0. The lowest BCUT2D eigenvalue weighted by atomic mass is 10.3. The second kappa shape index (κ2) is 4.94. The van der Waals surface area contributed by atoms with Crippen LogP contribution in [0.2, 0.25) is 0 Å². The van der Waals surface area contributed by atoms with Gasteiger partial charge in [-0.25, -0.2) is 4.79 Å². The highest BCUT2D eigenvalue weighted by atomic mass is 16.8. The molecule has 0 spiro atoms. The average molecular weight is 164 g/mol. The van der Waals surface area contributed by atoms with Crippen molar-refractivity contribution in [3.63, 3.8) is 0 Å². The molecule has 0 aromatic heterocycles. The Morgan fingerprint density at radius 2 is 2.00 bits per heavy atom. The SMILES string of the molecule is CC1COC(=O)O1.OB(O)O. The zero-order chi connectivity index (χ0) is 8.85. The third-order valence-corrected chi connectivity index (χ3v) is 0.733. The fourth-order valence-electron chi connectivity index (χ4n) is 0.418. The Hall–Kier alpha value is -0.785. The maximum absolute atomic E-state index is 10.0. The van der Waals surface area contributed by atoms with E-state index in [-0.39, 0.29) is 6.10 Å². The predicted octanol–water partition coefficient (Wildman–Crippen LogP) is -1.51. The van der Waals surface area contributed by atoms with E-state index in [0.717, 1.165) is 0 Å². The maximum atomic E-state index is 10.0. The summed E-state index contributed by atoms with van der Waals surface area (Å²) in [6.45, 7) is 2.18. The highest BCUT2D eigenvalue weighted by Crippen LogP contribution is 2.02. The Labute approximate surface area is 63.5 Å². The minimum atomic E-state index is -2.17. The number of ether oxygens (including phenoxy) is 2. The lowest BCUT2D eigenvalue weighted by molar-refractivity contribution is 0.121.